The van der Waals surface area contributed by atoms with E-state index in [0.717, 1.165) is 5.76 Å². The predicted molar refractivity (Wildman–Crippen MR) is 59.1 cm³/mol. The van der Waals surface area contributed by atoms with Crippen molar-refractivity contribution in [3.05, 3.63) is 23.7 Å². The lowest BCUT2D eigenvalue weighted by atomic mass is 10.3. The van der Waals surface area contributed by atoms with E-state index in [9.17, 15) is 8.42 Å². The monoisotopic (exact) mass is 231 g/mol. The standard InChI is InChI=1S/C10H17NO3S/c1-7(2)15(12,13)11-9(4)10-6-5-8(3)14-10/h5-7,9,11H,1-4H3. The minimum Gasteiger partial charge on any atom is -0.465 e. The number of hydrogen-bond donors (Lipinski definition) is 1. The Kier molecular flexibility index (Phi) is 3.57. The van der Waals surface area contributed by atoms with Crippen LogP contribution in [-0.2, 0) is 10.0 Å². The van der Waals surface area contributed by atoms with Crippen molar-refractivity contribution < 1.29 is 12.8 Å². The van der Waals surface area contributed by atoms with E-state index in [1.807, 2.05) is 13.0 Å². The normalized spacial score (nSPS) is 14.5. The highest BCUT2D eigenvalue weighted by Crippen LogP contribution is 2.17. The summed E-state index contributed by atoms with van der Waals surface area (Å²) in [5.41, 5.74) is 0. The van der Waals surface area contributed by atoms with Crippen LogP contribution < -0.4 is 4.72 Å². The topological polar surface area (TPSA) is 59.3 Å². The van der Waals surface area contributed by atoms with Crippen molar-refractivity contribution in [2.24, 2.45) is 0 Å². The van der Waals surface area contributed by atoms with Gasteiger partial charge >= 0.3 is 0 Å². The second-order valence-corrected chi connectivity index (χ2v) is 6.15. The van der Waals surface area contributed by atoms with Crippen molar-refractivity contribution in [3.63, 3.8) is 0 Å². The van der Waals surface area contributed by atoms with Gasteiger partial charge in [-0.3, -0.25) is 0 Å². The van der Waals surface area contributed by atoms with Crippen molar-refractivity contribution in [3.8, 4) is 0 Å². The van der Waals surface area contributed by atoms with Crippen LogP contribution in [0.15, 0.2) is 16.5 Å². The fourth-order valence-corrected chi connectivity index (χ4v) is 2.01. The lowest BCUT2D eigenvalue weighted by molar-refractivity contribution is 0.440. The van der Waals surface area contributed by atoms with Crippen LogP contribution in [0.5, 0.6) is 0 Å². The van der Waals surface area contributed by atoms with Crippen LogP contribution in [0.3, 0.4) is 0 Å². The number of furan rings is 1. The molecule has 0 amide bonds. The molecule has 0 aromatic carbocycles. The molecule has 0 radical (unpaired) electrons. The first-order valence-corrected chi connectivity index (χ1v) is 6.45. The zero-order valence-electron chi connectivity index (χ0n) is 9.44. The molecule has 0 saturated carbocycles. The Morgan fingerprint density at radius 2 is 1.87 bits per heavy atom. The molecule has 0 saturated heterocycles. The SMILES string of the molecule is Cc1ccc(C(C)NS(=O)(=O)C(C)C)o1. The highest BCUT2D eigenvalue weighted by Gasteiger charge is 2.20. The Morgan fingerprint density at radius 3 is 2.27 bits per heavy atom. The van der Waals surface area contributed by atoms with Gasteiger partial charge in [0.1, 0.15) is 11.5 Å². The molecule has 1 N–H and O–H groups in total. The molecule has 1 atom stereocenters. The van der Waals surface area contributed by atoms with Gasteiger partial charge in [-0.15, -0.1) is 0 Å². The minimum atomic E-state index is -3.25. The molecule has 0 spiro atoms. The zero-order valence-corrected chi connectivity index (χ0v) is 10.3. The summed E-state index contributed by atoms with van der Waals surface area (Å²) in [6, 6.07) is 3.27. The Bertz CT molecular complexity index is 420. The third-order valence-electron chi connectivity index (χ3n) is 2.15. The van der Waals surface area contributed by atoms with E-state index in [4.69, 9.17) is 4.42 Å². The largest absolute Gasteiger partial charge is 0.465 e. The van der Waals surface area contributed by atoms with Crippen LogP contribution in [0.2, 0.25) is 0 Å². The first kappa shape index (κ1) is 12.3. The average molecular weight is 231 g/mol. The summed E-state index contributed by atoms with van der Waals surface area (Å²) in [4.78, 5) is 0. The van der Waals surface area contributed by atoms with Crippen molar-refractivity contribution >= 4 is 10.0 Å². The van der Waals surface area contributed by atoms with E-state index >= 15 is 0 Å². The Morgan fingerprint density at radius 1 is 1.27 bits per heavy atom. The molecule has 1 aromatic rings. The highest BCUT2D eigenvalue weighted by molar-refractivity contribution is 7.90. The van der Waals surface area contributed by atoms with Crippen molar-refractivity contribution in [2.75, 3.05) is 0 Å². The minimum absolute atomic E-state index is 0.328. The summed E-state index contributed by atoms with van der Waals surface area (Å²) in [7, 11) is -3.25. The predicted octanol–water partition coefficient (Wildman–Crippen LogP) is 1.98. The number of nitrogens with one attached hydrogen (secondary N) is 1. The molecule has 15 heavy (non-hydrogen) atoms. The van der Waals surface area contributed by atoms with Crippen molar-refractivity contribution in [2.45, 2.75) is 39.0 Å². The second kappa shape index (κ2) is 4.37. The molecule has 5 heteroatoms. The van der Waals surface area contributed by atoms with Gasteiger partial charge in [0, 0.05) is 0 Å². The number of hydrogen-bond acceptors (Lipinski definition) is 3. The molecule has 0 aliphatic rings. The van der Waals surface area contributed by atoms with Gasteiger partial charge in [0.05, 0.1) is 11.3 Å². The maximum Gasteiger partial charge on any atom is 0.214 e. The molecule has 0 aliphatic heterocycles. The van der Waals surface area contributed by atoms with Crippen LogP contribution >= 0.6 is 0 Å². The first-order chi connectivity index (χ1) is 6.83. The van der Waals surface area contributed by atoms with Gasteiger partial charge in [-0.2, -0.15) is 0 Å². The Hall–Kier alpha value is -0.810. The molecular weight excluding hydrogens is 214 g/mol. The van der Waals surface area contributed by atoms with Gasteiger partial charge in [0.25, 0.3) is 0 Å². The van der Waals surface area contributed by atoms with E-state index < -0.39 is 15.3 Å². The van der Waals surface area contributed by atoms with Crippen LogP contribution in [0.4, 0.5) is 0 Å². The summed E-state index contributed by atoms with van der Waals surface area (Å²) in [5.74, 6) is 1.41. The average Bonchev–Trinajstić information content (AvgIpc) is 2.50. The van der Waals surface area contributed by atoms with Gasteiger partial charge in [-0.25, -0.2) is 13.1 Å². The molecule has 1 unspecified atom stereocenters. The smallest absolute Gasteiger partial charge is 0.214 e. The maximum atomic E-state index is 11.6. The van der Waals surface area contributed by atoms with Gasteiger partial charge in [-0.1, -0.05) is 0 Å². The van der Waals surface area contributed by atoms with E-state index in [2.05, 4.69) is 4.72 Å². The second-order valence-electron chi connectivity index (χ2n) is 3.88. The number of sulfonamides is 1. The molecular formula is C10H17NO3S. The summed E-state index contributed by atoms with van der Waals surface area (Å²) >= 11 is 0. The van der Waals surface area contributed by atoms with E-state index in [0.29, 0.717) is 5.76 Å². The van der Waals surface area contributed by atoms with Crippen LogP contribution in [0, 0.1) is 6.92 Å². The highest BCUT2D eigenvalue weighted by atomic mass is 32.2. The lowest BCUT2D eigenvalue weighted by Gasteiger charge is -2.14. The van der Waals surface area contributed by atoms with E-state index in [1.54, 1.807) is 26.8 Å². The quantitative estimate of drug-likeness (QED) is 0.862. The summed E-state index contributed by atoms with van der Waals surface area (Å²) < 4.78 is 31.0. The van der Waals surface area contributed by atoms with Crippen LogP contribution in [0.1, 0.15) is 38.3 Å². The molecule has 0 bridgehead atoms. The van der Waals surface area contributed by atoms with Crippen LogP contribution in [0.25, 0.3) is 0 Å². The van der Waals surface area contributed by atoms with Gasteiger partial charge in [0.15, 0.2) is 0 Å². The van der Waals surface area contributed by atoms with E-state index in [1.165, 1.54) is 0 Å². The molecule has 86 valence electrons. The summed E-state index contributed by atoms with van der Waals surface area (Å²) in [6.07, 6.45) is 0. The molecule has 4 nitrogen and oxygen atoms in total. The lowest BCUT2D eigenvalue weighted by Crippen LogP contribution is -2.32. The number of rotatable bonds is 4. The summed E-state index contributed by atoms with van der Waals surface area (Å²) in [5, 5.41) is -0.434. The van der Waals surface area contributed by atoms with Crippen molar-refractivity contribution in [1.82, 2.24) is 4.72 Å². The zero-order chi connectivity index (χ0) is 11.6. The maximum absolute atomic E-state index is 11.6. The molecule has 1 aromatic heterocycles. The Labute approximate surface area is 90.7 Å². The third-order valence-corrected chi connectivity index (χ3v) is 4.07. The molecule has 0 aliphatic carbocycles. The number of aryl methyl sites for hydroxylation is 1. The van der Waals surface area contributed by atoms with Crippen molar-refractivity contribution in [1.29, 1.82) is 0 Å². The Balaban J connectivity index is 2.76. The molecule has 1 heterocycles. The van der Waals surface area contributed by atoms with E-state index in [-0.39, 0.29) is 6.04 Å². The fraction of sp³-hybridized carbons (Fsp3) is 0.600. The fourth-order valence-electron chi connectivity index (χ4n) is 1.13. The first-order valence-electron chi connectivity index (χ1n) is 4.90. The summed E-state index contributed by atoms with van der Waals surface area (Å²) in [6.45, 7) is 6.87. The van der Waals surface area contributed by atoms with Crippen LogP contribution in [-0.4, -0.2) is 13.7 Å². The van der Waals surface area contributed by atoms with Gasteiger partial charge in [0.2, 0.25) is 10.0 Å². The molecule has 1 rings (SSSR count). The third kappa shape index (κ3) is 3.07. The van der Waals surface area contributed by atoms with Gasteiger partial charge in [-0.05, 0) is 39.8 Å². The van der Waals surface area contributed by atoms with Gasteiger partial charge < -0.3 is 4.42 Å². The molecule has 0 fully saturated rings.